The minimum atomic E-state index is -2.97. The van der Waals surface area contributed by atoms with Gasteiger partial charge < -0.3 is 14.7 Å². The average molecular weight is 299 g/mol. The van der Waals surface area contributed by atoms with Crippen molar-refractivity contribution < 1.29 is 28.2 Å². The molecule has 2 rings (SSSR count). The Kier molecular flexibility index (Phi) is 4.72. The maximum absolute atomic E-state index is 12.3. The number of carbonyl (C=O) groups is 2. The molecule has 21 heavy (non-hydrogen) atoms. The number of para-hydroxylation sites is 1. The van der Waals surface area contributed by atoms with E-state index in [1.807, 2.05) is 0 Å². The summed E-state index contributed by atoms with van der Waals surface area (Å²) >= 11 is 0. The van der Waals surface area contributed by atoms with Crippen LogP contribution in [0.1, 0.15) is 18.4 Å². The second-order valence-electron chi connectivity index (χ2n) is 4.75. The van der Waals surface area contributed by atoms with Crippen LogP contribution in [0.5, 0.6) is 5.75 Å². The Morgan fingerprint density at radius 2 is 2.10 bits per heavy atom. The van der Waals surface area contributed by atoms with Crippen molar-refractivity contribution in [2.45, 2.75) is 31.9 Å². The maximum atomic E-state index is 12.3. The Morgan fingerprint density at radius 3 is 2.76 bits per heavy atom. The van der Waals surface area contributed by atoms with Crippen LogP contribution in [0.2, 0.25) is 0 Å². The molecule has 0 saturated carbocycles. The van der Waals surface area contributed by atoms with E-state index in [1.54, 1.807) is 6.07 Å². The number of rotatable bonds is 5. The summed E-state index contributed by atoms with van der Waals surface area (Å²) in [5.74, 6) is -1.50. The molecule has 1 heterocycles. The van der Waals surface area contributed by atoms with E-state index in [0.717, 1.165) is 0 Å². The zero-order valence-electron chi connectivity index (χ0n) is 11.2. The minimum absolute atomic E-state index is 0.0630. The van der Waals surface area contributed by atoms with E-state index < -0.39 is 24.5 Å². The number of nitrogens with zero attached hydrogens (tertiary/aromatic N) is 1. The van der Waals surface area contributed by atoms with Gasteiger partial charge in [0.1, 0.15) is 11.8 Å². The fraction of sp³-hybridized carbons (Fsp3) is 0.429. The summed E-state index contributed by atoms with van der Waals surface area (Å²) < 4.78 is 29.0. The number of hydrogen-bond acceptors (Lipinski definition) is 3. The predicted octanol–water partition coefficient (Wildman–Crippen LogP) is 1.91. The number of alkyl halides is 2. The van der Waals surface area contributed by atoms with Gasteiger partial charge in [0, 0.05) is 12.1 Å². The number of hydrogen-bond donors (Lipinski definition) is 1. The van der Waals surface area contributed by atoms with Crippen LogP contribution in [0.15, 0.2) is 24.3 Å². The third-order valence-electron chi connectivity index (χ3n) is 3.39. The smallest absolute Gasteiger partial charge is 0.387 e. The maximum Gasteiger partial charge on any atom is 0.387 e. The van der Waals surface area contributed by atoms with Gasteiger partial charge in [-0.05, 0) is 18.9 Å². The number of carboxylic acid groups (broad SMARTS) is 1. The molecule has 0 spiro atoms. The summed E-state index contributed by atoms with van der Waals surface area (Å²) in [6.45, 7) is -2.60. The number of ether oxygens (including phenoxy) is 1. The fourth-order valence-corrected chi connectivity index (χ4v) is 2.45. The molecule has 1 aromatic rings. The molecular weight excluding hydrogens is 284 g/mol. The highest BCUT2D eigenvalue weighted by Gasteiger charge is 2.34. The van der Waals surface area contributed by atoms with Gasteiger partial charge >= 0.3 is 12.6 Å². The van der Waals surface area contributed by atoms with Gasteiger partial charge in [0.2, 0.25) is 5.91 Å². The van der Waals surface area contributed by atoms with Crippen LogP contribution < -0.4 is 4.74 Å². The topological polar surface area (TPSA) is 66.8 Å². The second kappa shape index (κ2) is 6.51. The molecule has 7 heteroatoms. The van der Waals surface area contributed by atoms with Crippen LogP contribution in [0, 0.1) is 0 Å². The SMILES string of the molecule is O=C(O)C1CCCN1C(=O)Cc1ccccc1OC(F)F. The normalized spacial score (nSPS) is 18.0. The van der Waals surface area contributed by atoms with E-state index in [1.165, 1.54) is 23.1 Å². The van der Waals surface area contributed by atoms with Gasteiger partial charge in [-0.15, -0.1) is 0 Å². The lowest BCUT2D eigenvalue weighted by Crippen LogP contribution is -2.41. The molecule has 1 unspecified atom stereocenters. The Balaban J connectivity index is 2.11. The molecule has 1 fully saturated rings. The van der Waals surface area contributed by atoms with Gasteiger partial charge in [0.05, 0.1) is 6.42 Å². The van der Waals surface area contributed by atoms with Crippen LogP contribution in [-0.4, -0.2) is 41.1 Å². The third kappa shape index (κ3) is 3.68. The summed E-state index contributed by atoms with van der Waals surface area (Å²) in [6, 6.07) is 5.18. The molecule has 5 nitrogen and oxygen atoms in total. The molecular formula is C14H15F2NO4. The van der Waals surface area contributed by atoms with Gasteiger partial charge in [-0.3, -0.25) is 4.79 Å². The van der Waals surface area contributed by atoms with Gasteiger partial charge in [0.15, 0.2) is 0 Å². The average Bonchev–Trinajstić information content (AvgIpc) is 2.90. The van der Waals surface area contributed by atoms with Crippen molar-refractivity contribution in [2.75, 3.05) is 6.54 Å². The van der Waals surface area contributed by atoms with Crippen LogP contribution in [0.4, 0.5) is 8.78 Å². The summed E-state index contributed by atoms with van der Waals surface area (Å²) in [5, 5.41) is 9.05. The van der Waals surface area contributed by atoms with Crippen molar-refractivity contribution in [2.24, 2.45) is 0 Å². The van der Waals surface area contributed by atoms with Crippen molar-refractivity contribution in [3.8, 4) is 5.75 Å². The van der Waals surface area contributed by atoms with Crippen molar-refractivity contribution in [3.63, 3.8) is 0 Å². The van der Waals surface area contributed by atoms with Gasteiger partial charge in [-0.25, -0.2) is 4.79 Å². The van der Waals surface area contributed by atoms with E-state index in [0.29, 0.717) is 24.9 Å². The number of halogens is 2. The molecule has 0 bridgehead atoms. The van der Waals surface area contributed by atoms with Gasteiger partial charge in [0.25, 0.3) is 0 Å². The van der Waals surface area contributed by atoms with E-state index in [2.05, 4.69) is 4.74 Å². The van der Waals surface area contributed by atoms with Crippen LogP contribution >= 0.6 is 0 Å². The number of likely N-dealkylation sites (tertiary alicyclic amines) is 1. The fourth-order valence-electron chi connectivity index (χ4n) is 2.45. The lowest BCUT2D eigenvalue weighted by atomic mass is 10.1. The quantitative estimate of drug-likeness (QED) is 0.902. The van der Waals surface area contributed by atoms with Crippen LogP contribution in [0.3, 0.4) is 0 Å². The minimum Gasteiger partial charge on any atom is -0.480 e. The molecule has 1 N–H and O–H groups in total. The first-order chi connectivity index (χ1) is 9.99. The molecule has 1 atom stereocenters. The highest BCUT2D eigenvalue weighted by Crippen LogP contribution is 2.24. The lowest BCUT2D eigenvalue weighted by Gasteiger charge is -2.22. The third-order valence-corrected chi connectivity index (χ3v) is 3.39. The van der Waals surface area contributed by atoms with Crippen molar-refractivity contribution >= 4 is 11.9 Å². The zero-order chi connectivity index (χ0) is 15.4. The molecule has 1 amide bonds. The summed E-state index contributed by atoms with van der Waals surface area (Å²) in [5.41, 5.74) is 0.318. The highest BCUT2D eigenvalue weighted by atomic mass is 19.3. The zero-order valence-corrected chi connectivity index (χ0v) is 11.2. The van der Waals surface area contributed by atoms with Gasteiger partial charge in [-0.2, -0.15) is 8.78 Å². The first kappa shape index (κ1) is 15.2. The first-order valence-electron chi connectivity index (χ1n) is 6.54. The first-order valence-corrected chi connectivity index (χ1v) is 6.54. The molecule has 114 valence electrons. The molecule has 0 aliphatic carbocycles. The number of amides is 1. The van der Waals surface area contributed by atoms with E-state index in [4.69, 9.17) is 5.11 Å². The van der Waals surface area contributed by atoms with Crippen molar-refractivity contribution in [1.82, 2.24) is 4.90 Å². The lowest BCUT2D eigenvalue weighted by molar-refractivity contribution is -0.148. The summed E-state index contributed by atoms with van der Waals surface area (Å²) in [6.07, 6.45) is 0.876. The molecule has 1 aliphatic heterocycles. The Morgan fingerprint density at radius 1 is 1.38 bits per heavy atom. The van der Waals surface area contributed by atoms with E-state index in [9.17, 15) is 18.4 Å². The summed E-state index contributed by atoms with van der Waals surface area (Å²) in [4.78, 5) is 24.5. The number of aliphatic carboxylic acids is 1. The predicted molar refractivity (Wildman–Crippen MR) is 69.1 cm³/mol. The highest BCUT2D eigenvalue weighted by molar-refractivity contribution is 5.85. The van der Waals surface area contributed by atoms with Gasteiger partial charge in [-0.1, -0.05) is 18.2 Å². The molecule has 0 aromatic heterocycles. The van der Waals surface area contributed by atoms with Crippen molar-refractivity contribution in [3.05, 3.63) is 29.8 Å². The molecule has 1 aromatic carbocycles. The molecule has 1 saturated heterocycles. The van der Waals surface area contributed by atoms with Crippen LogP contribution in [0.25, 0.3) is 0 Å². The largest absolute Gasteiger partial charge is 0.480 e. The summed E-state index contributed by atoms with van der Waals surface area (Å²) in [7, 11) is 0. The van der Waals surface area contributed by atoms with Crippen molar-refractivity contribution in [1.29, 1.82) is 0 Å². The standard InChI is InChI=1S/C14H15F2NO4/c15-14(16)21-11-6-2-1-4-9(11)8-12(18)17-7-3-5-10(17)13(19)20/h1-2,4,6,10,14H,3,5,7-8H2,(H,19,20). The monoisotopic (exact) mass is 299 g/mol. The Labute approximate surface area is 120 Å². The Bertz CT molecular complexity index is 535. The molecule has 1 aliphatic rings. The number of benzene rings is 1. The van der Waals surface area contributed by atoms with Crippen LogP contribution in [-0.2, 0) is 16.0 Å². The number of carbonyl (C=O) groups excluding carboxylic acids is 1. The van der Waals surface area contributed by atoms with E-state index >= 15 is 0 Å². The second-order valence-corrected chi connectivity index (χ2v) is 4.75. The Hall–Kier alpha value is -2.18. The number of carboxylic acids is 1. The van der Waals surface area contributed by atoms with E-state index in [-0.39, 0.29) is 12.2 Å². The molecule has 0 radical (unpaired) electrons.